The van der Waals surface area contributed by atoms with E-state index < -0.39 is 71.6 Å². The summed E-state index contributed by atoms with van der Waals surface area (Å²) in [6.07, 6.45) is 0.256. The number of nitrogens with zero attached hydrogens (tertiary/aromatic N) is 2. The molecule has 6 amide bonds. The van der Waals surface area contributed by atoms with Crippen LogP contribution in [0.4, 0.5) is 4.79 Å². The molecule has 0 bridgehead atoms. The maximum absolute atomic E-state index is 14.0. The zero-order valence-electron chi connectivity index (χ0n) is 30.7. The SMILES string of the molecule is CCC[C@H](NC(=O)[C@@H]1[C@H]2C[C@H]2CN1C(=O)[C@@H](NC(=O)O[C@H](C)C(C)C)C(C)(C)C)C(=O)C(=O)NCC(=O)NC(C(=O)N(C)C)c1ccccc1. The molecule has 14 heteroatoms. The number of nitrogens with one attached hydrogen (secondary N) is 4. The first kappa shape index (κ1) is 39.9. The molecule has 276 valence electrons. The molecule has 0 radical (unpaired) electrons. The Hall–Kier alpha value is -4.49. The molecule has 2 aliphatic rings. The van der Waals surface area contributed by atoms with E-state index in [9.17, 15) is 33.6 Å². The number of benzene rings is 1. The highest BCUT2D eigenvalue weighted by Crippen LogP contribution is 2.50. The third-order valence-corrected chi connectivity index (χ3v) is 9.28. The fourth-order valence-corrected chi connectivity index (χ4v) is 5.92. The minimum absolute atomic E-state index is 0.0760. The van der Waals surface area contributed by atoms with Gasteiger partial charge < -0.3 is 35.8 Å². The molecule has 1 saturated heterocycles. The number of carbonyl (C=O) groups excluding carboxylic acids is 7. The molecular weight excluding hydrogens is 644 g/mol. The minimum atomic E-state index is -1.19. The van der Waals surface area contributed by atoms with Gasteiger partial charge in [-0.05, 0) is 48.5 Å². The number of fused-ring (bicyclic) bond motifs is 1. The molecule has 1 unspecified atom stereocenters. The van der Waals surface area contributed by atoms with Gasteiger partial charge in [0.2, 0.25) is 29.4 Å². The average Bonchev–Trinajstić information content (AvgIpc) is 3.71. The summed E-state index contributed by atoms with van der Waals surface area (Å²) in [4.78, 5) is 95.1. The quantitative estimate of drug-likeness (QED) is 0.200. The molecule has 1 aromatic rings. The van der Waals surface area contributed by atoms with Crippen molar-refractivity contribution >= 4 is 41.4 Å². The van der Waals surface area contributed by atoms with E-state index in [4.69, 9.17) is 4.74 Å². The van der Waals surface area contributed by atoms with Crippen molar-refractivity contribution in [3.05, 3.63) is 35.9 Å². The van der Waals surface area contributed by atoms with Crippen molar-refractivity contribution in [2.24, 2.45) is 23.2 Å². The molecule has 1 heterocycles. The highest BCUT2D eigenvalue weighted by molar-refractivity contribution is 6.38. The molecule has 1 aromatic carbocycles. The highest BCUT2D eigenvalue weighted by Gasteiger charge is 2.58. The van der Waals surface area contributed by atoms with Crippen LogP contribution in [-0.2, 0) is 33.5 Å². The lowest BCUT2D eigenvalue weighted by molar-refractivity contribution is -0.145. The van der Waals surface area contributed by atoms with Crippen LogP contribution in [0.2, 0.25) is 0 Å². The first-order valence-corrected chi connectivity index (χ1v) is 17.3. The number of hydrogen-bond donors (Lipinski definition) is 4. The van der Waals surface area contributed by atoms with Crippen molar-refractivity contribution in [3.8, 4) is 0 Å². The Morgan fingerprint density at radius 1 is 0.960 bits per heavy atom. The molecule has 7 atom stereocenters. The van der Waals surface area contributed by atoms with Crippen LogP contribution < -0.4 is 21.3 Å². The lowest BCUT2D eigenvalue weighted by Crippen LogP contribution is -2.60. The molecule has 0 spiro atoms. The molecule has 0 aromatic heterocycles. The summed E-state index contributed by atoms with van der Waals surface area (Å²) in [5.74, 6) is -3.96. The van der Waals surface area contributed by atoms with Gasteiger partial charge in [-0.1, -0.05) is 78.3 Å². The molecule has 2 fully saturated rings. The predicted molar refractivity (Wildman–Crippen MR) is 185 cm³/mol. The number of carbonyl (C=O) groups is 7. The number of piperidine rings is 1. The number of hydrogen-bond acceptors (Lipinski definition) is 8. The van der Waals surface area contributed by atoms with Crippen molar-refractivity contribution < 1.29 is 38.3 Å². The number of Topliss-reactive ketones (excluding diaryl/α,β-unsaturated/α-hetero) is 1. The summed E-state index contributed by atoms with van der Waals surface area (Å²) in [6.45, 7) is 12.6. The van der Waals surface area contributed by atoms with Crippen LogP contribution in [0.25, 0.3) is 0 Å². The highest BCUT2D eigenvalue weighted by atomic mass is 16.6. The first-order chi connectivity index (χ1) is 23.4. The fourth-order valence-electron chi connectivity index (χ4n) is 5.92. The number of amides is 6. The van der Waals surface area contributed by atoms with Gasteiger partial charge in [0.1, 0.15) is 24.2 Å². The van der Waals surface area contributed by atoms with Gasteiger partial charge in [0, 0.05) is 20.6 Å². The van der Waals surface area contributed by atoms with Crippen LogP contribution in [0.15, 0.2) is 30.3 Å². The van der Waals surface area contributed by atoms with Crippen LogP contribution in [0.5, 0.6) is 0 Å². The van der Waals surface area contributed by atoms with Crippen molar-refractivity contribution in [2.45, 2.75) is 98.0 Å². The molecule has 1 aliphatic carbocycles. The third-order valence-electron chi connectivity index (χ3n) is 9.28. The van der Waals surface area contributed by atoms with Crippen LogP contribution in [-0.4, -0.2) is 103 Å². The lowest BCUT2D eigenvalue weighted by Gasteiger charge is -2.36. The second-order valence-electron chi connectivity index (χ2n) is 14.9. The van der Waals surface area contributed by atoms with E-state index in [0.717, 1.165) is 6.42 Å². The maximum atomic E-state index is 14.0. The molecule has 50 heavy (non-hydrogen) atoms. The Labute approximate surface area is 294 Å². The largest absolute Gasteiger partial charge is 0.446 e. The van der Waals surface area contributed by atoms with Crippen molar-refractivity contribution in [1.82, 2.24) is 31.1 Å². The van der Waals surface area contributed by atoms with E-state index >= 15 is 0 Å². The number of rotatable bonds is 15. The number of likely N-dealkylation sites (tertiary alicyclic amines) is 1. The number of ketones is 1. The zero-order chi connectivity index (χ0) is 37.5. The topological polar surface area (TPSA) is 183 Å². The first-order valence-electron chi connectivity index (χ1n) is 17.3. The Bertz CT molecular complexity index is 1430. The number of likely N-dealkylation sites (N-methyl/N-ethyl adjacent to an activating group) is 1. The molecule has 1 saturated carbocycles. The van der Waals surface area contributed by atoms with Gasteiger partial charge in [0.05, 0.1) is 12.6 Å². The monoisotopic (exact) mass is 698 g/mol. The summed E-state index contributed by atoms with van der Waals surface area (Å²) in [6, 6.07) is 4.57. The van der Waals surface area contributed by atoms with Gasteiger partial charge in [-0.2, -0.15) is 0 Å². The van der Waals surface area contributed by atoms with Crippen molar-refractivity contribution in [1.29, 1.82) is 0 Å². The normalized spacial score (nSPS) is 20.4. The molecule has 14 nitrogen and oxygen atoms in total. The number of ether oxygens (including phenoxy) is 1. The van der Waals surface area contributed by atoms with Gasteiger partial charge >= 0.3 is 6.09 Å². The Balaban J connectivity index is 1.67. The molecule has 1 aliphatic heterocycles. The molecule has 3 rings (SSSR count). The van der Waals surface area contributed by atoms with Crippen LogP contribution in [0.1, 0.15) is 79.3 Å². The average molecular weight is 699 g/mol. The standard InChI is InChI=1S/C36H54N6O8/c1-10-14-25(29(44)32(46)37-18-26(43)39-27(33(47)41(8)9)22-15-12-11-13-16-22)38-31(45)28-24-17-23(24)19-42(28)34(48)30(36(5,6)7)40-35(49)50-21(4)20(2)3/h11-13,15-16,20-21,23-25,27-28,30H,10,14,17-19H2,1-9H3,(H,37,46)(H,38,45)(H,39,43)(H,40,49)/t21-,23+,24+,25+,27?,28+,30-/m1/s1. The third kappa shape index (κ3) is 10.3. The van der Waals surface area contributed by atoms with E-state index in [1.807, 2.05) is 34.6 Å². The van der Waals surface area contributed by atoms with Crippen molar-refractivity contribution in [3.63, 3.8) is 0 Å². The Kier molecular flexibility index (Phi) is 13.5. The van der Waals surface area contributed by atoms with E-state index in [1.54, 1.807) is 58.3 Å². The summed E-state index contributed by atoms with van der Waals surface area (Å²) in [5, 5.41) is 10.3. The second-order valence-corrected chi connectivity index (χ2v) is 14.9. The van der Waals surface area contributed by atoms with Gasteiger partial charge in [-0.15, -0.1) is 0 Å². The second kappa shape index (κ2) is 16.9. The van der Waals surface area contributed by atoms with E-state index in [1.165, 1.54) is 9.80 Å². The Morgan fingerprint density at radius 3 is 2.16 bits per heavy atom. The van der Waals surface area contributed by atoms with Gasteiger partial charge in [0.25, 0.3) is 5.91 Å². The van der Waals surface area contributed by atoms with Crippen LogP contribution in [0.3, 0.4) is 0 Å². The summed E-state index contributed by atoms with van der Waals surface area (Å²) < 4.78 is 5.46. The predicted octanol–water partition coefficient (Wildman–Crippen LogP) is 1.93. The van der Waals surface area contributed by atoms with E-state index in [0.29, 0.717) is 18.5 Å². The molecular formula is C36H54N6O8. The lowest BCUT2D eigenvalue weighted by atomic mass is 9.85. The van der Waals surface area contributed by atoms with Gasteiger partial charge in [-0.3, -0.25) is 28.8 Å². The van der Waals surface area contributed by atoms with Crippen LogP contribution in [0, 0.1) is 23.2 Å². The summed E-state index contributed by atoms with van der Waals surface area (Å²) in [5.41, 5.74) is -0.160. The fraction of sp³-hybridized carbons (Fsp3) is 0.639. The van der Waals surface area contributed by atoms with E-state index in [2.05, 4.69) is 21.3 Å². The smallest absolute Gasteiger partial charge is 0.408 e. The van der Waals surface area contributed by atoms with Gasteiger partial charge in [-0.25, -0.2) is 4.79 Å². The van der Waals surface area contributed by atoms with Crippen molar-refractivity contribution in [2.75, 3.05) is 27.2 Å². The summed E-state index contributed by atoms with van der Waals surface area (Å²) in [7, 11) is 3.12. The van der Waals surface area contributed by atoms with Gasteiger partial charge in [0.15, 0.2) is 0 Å². The molecule has 4 N–H and O–H groups in total. The minimum Gasteiger partial charge on any atom is -0.446 e. The maximum Gasteiger partial charge on any atom is 0.408 e. The van der Waals surface area contributed by atoms with E-state index in [-0.39, 0.29) is 36.2 Å². The van der Waals surface area contributed by atoms with Crippen LogP contribution >= 0.6 is 0 Å². The summed E-state index contributed by atoms with van der Waals surface area (Å²) >= 11 is 0. The Morgan fingerprint density at radius 2 is 1.60 bits per heavy atom. The number of alkyl carbamates (subject to hydrolysis) is 1. The zero-order valence-corrected chi connectivity index (χ0v) is 30.7.